The number of nitrogens with zero attached hydrogens (tertiary/aromatic N) is 2. The van der Waals surface area contributed by atoms with Crippen LogP contribution in [0.2, 0.25) is 0 Å². The van der Waals surface area contributed by atoms with Gasteiger partial charge in [-0.2, -0.15) is 0 Å². The van der Waals surface area contributed by atoms with Crippen LogP contribution in [0.5, 0.6) is 0 Å². The summed E-state index contributed by atoms with van der Waals surface area (Å²) in [6.07, 6.45) is 1.96. The lowest BCUT2D eigenvalue weighted by molar-refractivity contribution is 0.847. The van der Waals surface area contributed by atoms with Crippen molar-refractivity contribution >= 4 is 22.5 Å². The van der Waals surface area contributed by atoms with E-state index < -0.39 is 0 Å². The van der Waals surface area contributed by atoms with Crippen LogP contribution in [0.15, 0.2) is 48.7 Å². The zero-order valence-corrected chi connectivity index (χ0v) is 13.1. The number of aromatic nitrogens is 2. The molecule has 3 aromatic rings. The molecule has 0 amide bonds. The summed E-state index contributed by atoms with van der Waals surface area (Å²) in [5.41, 5.74) is 2.31. The van der Waals surface area contributed by atoms with Gasteiger partial charge in [-0.15, -0.1) is 0 Å². The number of pyridine rings is 1. The molecule has 0 saturated heterocycles. The van der Waals surface area contributed by atoms with Gasteiger partial charge in [0.1, 0.15) is 5.82 Å². The summed E-state index contributed by atoms with van der Waals surface area (Å²) in [5, 5.41) is 4.65. The van der Waals surface area contributed by atoms with Crippen molar-refractivity contribution in [2.24, 2.45) is 0 Å². The lowest BCUT2D eigenvalue weighted by Gasteiger charge is -2.21. The highest BCUT2D eigenvalue weighted by atomic mass is 15.2. The number of aromatic amines is 1. The molecule has 2 heterocycles. The van der Waals surface area contributed by atoms with Crippen molar-refractivity contribution in [3.05, 3.63) is 54.2 Å². The Hall–Kier alpha value is -2.49. The second-order valence-electron chi connectivity index (χ2n) is 5.28. The van der Waals surface area contributed by atoms with Crippen LogP contribution in [0.25, 0.3) is 10.9 Å². The monoisotopic (exact) mass is 294 g/mol. The number of nitrogens with one attached hydrogen (secondary N) is 2. The molecule has 2 N–H and O–H groups in total. The minimum atomic E-state index is 0.768. The SMILES string of the molecule is CCN(CC)c1cc2cc[nH]c2c(NCc2ccccc2)n1. The molecule has 0 fully saturated rings. The quantitative estimate of drug-likeness (QED) is 0.721. The van der Waals surface area contributed by atoms with Gasteiger partial charge in [-0.25, -0.2) is 4.98 Å². The Balaban J connectivity index is 1.91. The molecular formula is C18H22N4. The Morgan fingerprint density at radius 3 is 2.59 bits per heavy atom. The van der Waals surface area contributed by atoms with Gasteiger partial charge in [-0.05, 0) is 31.5 Å². The lowest BCUT2D eigenvalue weighted by Crippen LogP contribution is -2.23. The van der Waals surface area contributed by atoms with Crippen LogP contribution in [0, 0.1) is 0 Å². The van der Waals surface area contributed by atoms with Crippen molar-refractivity contribution in [2.75, 3.05) is 23.3 Å². The van der Waals surface area contributed by atoms with Gasteiger partial charge >= 0.3 is 0 Å². The Bertz CT molecular complexity index is 729. The molecule has 0 aliphatic heterocycles. The van der Waals surface area contributed by atoms with Crippen LogP contribution in [-0.2, 0) is 6.54 Å². The van der Waals surface area contributed by atoms with Gasteiger partial charge in [-0.3, -0.25) is 0 Å². The smallest absolute Gasteiger partial charge is 0.153 e. The largest absolute Gasteiger partial charge is 0.364 e. The first-order valence-electron chi connectivity index (χ1n) is 7.82. The molecule has 0 unspecified atom stereocenters. The summed E-state index contributed by atoms with van der Waals surface area (Å²) in [7, 11) is 0. The molecule has 1 aromatic carbocycles. The molecule has 4 heteroatoms. The zero-order chi connectivity index (χ0) is 15.4. The second-order valence-corrected chi connectivity index (χ2v) is 5.28. The lowest BCUT2D eigenvalue weighted by atomic mass is 10.2. The zero-order valence-electron chi connectivity index (χ0n) is 13.1. The topological polar surface area (TPSA) is 44.0 Å². The maximum atomic E-state index is 4.81. The molecular weight excluding hydrogens is 272 g/mol. The molecule has 2 aromatic heterocycles. The maximum Gasteiger partial charge on any atom is 0.153 e. The van der Waals surface area contributed by atoms with Crippen LogP contribution in [0.3, 0.4) is 0 Å². The first-order chi connectivity index (χ1) is 10.8. The van der Waals surface area contributed by atoms with E-state index in [0.717, 1.165) is 36.8 Å². The van der Waals surface area contributed by atoms with Crippen molar-refractivity contribution in [2.45, 2.75) is 20.4 Å². The second kappa shape index (κ2) is 6.52. The minimum Gasteiger partial charge on any atom is -0.364 e. The Labute approximate surface area is 131 Å². The first kappa shape index (κ1) is 14.4. The van der Waals surface area contributed by atoms with E-state index in [0.29, 0.717) is 0 Å². The van der Waals surface area contributed by atoms with Crippen molar-refractivity contribution in [3.63, 3.8) is 0 Å². The van der Waals surface area contributed by atoms with Crippen molar-refractivity contribution in [3.8, 4) is 0 Å². The van der Waals surface area contributed by atoms with E-state index in [1.807, 2.05) is 12.3 Å². The number of fused-ring (bicyclic) bond motifs is 1. The Morgan fingerprint density at radius 1 is 1.09 bits per heavy atom. The predicted molar refractivity (Wildman–Crippen MR) is 93.4 cm³/mol. The first-order valence-corrected chi connectivity index (χ1v) is 7.82. The van der Waals surface area contributed by atoms with Gasteiger partial charge in [0.2, 0.25) is 0 Å². The highest BCUT2D eigenvalue weighted by Crippen LogP contribution is 2.26. The summed E-state index contributed by atoms with van der Waals surface area (Å²) in [4.78, 5) is 10.4. The summed E-state index contributed by atoms with van der Waals surface area (Å²) >= 11 is 0. The van der Waals surface area contributed by atoms with Crippen LogP contribution >= 0.6 is 0 Å². The third-order valence-corrected chi connectivity index (χ3v) is 3.92. The number of anilines is 2. The van der Waals surface area contributed by atoms with Gasteiger partial charge < -0.3 is 15.2 Å². The number of hydrogen-bond donors (Lipinski definition) is 2. The molecule has 4 nitrogen and oxygen atoms in total. The summed E-state index contributed by atoms with van der Waals surface area (Å²) < 4.78 is 0. The fourth-order valence-electron chi connectivity index (χ4n) is 2.67. The van der Waals surface area contributed by atoms with E-state index in [2.05, 4.69) is 65.4 Å². The Morgan fingerprint density at radius 2 is 1.86 bits per heavy atom. The maximum absolute atomic E-state index is 4.81. The van der Waals surface area contributed by atoms with E-state index >= 15 is 0 Å². The minimum absolute atomic E-state index is 0.768. The molecule has 0 bridgehead atoms. The third-order valence-electron chi connectivity index (χ3n) is 3.92. The van der Waals surface area contributed by atoms with Crippen LogP contribution < -0.4 is 10.2 Å². The van der Waals surface area contributed by atoms with Crippen LogP contribution in [-0.4, -0.2) is 23.1 Å². The number of hydrogen-bond acceptors (Lipinski definition) is 3. The van der Waals surface area contributed by atoms with Crippen LogP contribution in [0.4, 0.5) is 11.6 Å². The van der Waals surface area contributed by atoms with E-state index in [-0.39, 0.29) is 0 Å². The van der Waals surface area contributed by atoms with Crippen LogP contribution in [0.1, 0.15) is 19.4 Å². The summed E-state index contributed by atoms with van der Waals surface area (Å²) in [6.45, 7) is 6.99. The number of H-pyrrole nitrogens is 1. The predicted octanol–water partition coefficient (Wildman–Crippen LogP) is 4.02. The van der Waals surface area contributed by atoms with E-state index in [9.17, 15) is 0 Å². The molecule has 0 aliphatic rings. The molecule has 0 spiro atoms. The third kappa shape index (κ3) is 2.91. The summed E-state index contributed by atoms with van der Waals surface area (Å²) in [5.74, 6) is 1.93. The number of benzene rings is 1. The van der Waals surface area contributed by atoms with Crippen molar-refractivity contribution in [1.82, 2.24) is 9.97 Å². The fourth-order valence-corrected chi connectivity index (χ4v) is 2.67. The van der Waals surface area contributed by atoms with Gasteiger partial charge in [0.15, 0.2) is 5.82 Å². The van der Waals surface area contributed by atoms with E-state index in [1.165, 1.54) is 10.9 Å². The highest BCUT2D eigenvalue weighted by molar-refractivity contribution is 5.91. The molecule has 3 rings (SSSR count). The number of rotatable bonds is 6. The molecule has 0 aliphatic carbocycles. The molecule has 0 saturated carbocycles. The van der Waals surface area contributed by atoms with Gasteiger partial charge in [0.25, 0.3) is 0 Å². The van der Waals surface area contributed by atoms with Crippen molar-refractivity contribution < 1.29 is 0 Å². The van der Waals surface area contributed by atoms with Gasteiger partial charge in [0, 0.05) is 31.2 Å². The van der Waals surface area contributed by atoms with Crippen molar-refractivity contribution in [1.29, 1.82) is 0 Å². The summed E-state index contributed by atoms with van der Waals surface area (Å²) in [6, 6.07) is 14.6. The average molecular weight is 294 g/mol. The molecule has 22 heavy (non-hydrogen) atoms. The van der Waals surface area contributed by atoms with E-state index in [1.54, 1.807) is 0 Å². The highest BCUT2D eigenvalue weighted by Gasteiger charge is 2.10. The van der Waals surface area contributed by atoms with Gasteiger partial charge in [0.05, 0.1) is 5.52 Å². The molecule has 0 radical (unpaired) electrons. The average Bonchev–Trinajstić information content (AvgIpc) is 3.03. The fraction of sp³-hybridized carbons (Fsp3) is 0.278. The van der Waals surface area contributed by atoms with E-state index in [4.69, 9.17) is 4.98 Å². The molecule has 114 valence electrons. The Kier molecular flexibility index (Phi) is 4.28. The van der Waals surface area contributed by atoms with Gasteiger partial charge in [-0.1, -0.05) is 30.3 Å². The molecule has 0 atom stereocenters. The normalized spacial score (nSPS) is 10.8. The standard InChI is InChI=1S/C18H22N4/c1-3-22(4-2)16-12-15-10-11-19-17(15)18(21-16)20-13-14-8-6-5-7-9-14/h5-12,19H,3-4,13H2,1-2H3,(H,20,21).